The number of phenols is 1. The summed E-state index contributed by atoms with van der Waals surface area (Å²) in [5, 5.41) is 9.58. The fourth-order valence-electron chi connectivity index (χ4n) is 1.56. The third-order valence-corrected chi connectivity index (χ3v) is 3.10. The highest BCUT2D eigenvalue weighted by Gasteiger charge is 2.31. The maximum Gasteiger partial charge on any atom is 0.416 e. The summed E-state index contributed by atoms with van der Waals surface area (Å²) in [6.45, 7) is 0. The number of phenolic OH excluding ortho intramolecular Hbond substituents is 1. The van der Waals surface area contributed by atoms with E-state index >= 15 is 0 Å². The van der Waals surface area contributed by atoms with E-state index in [0.717, 1.165) is 6.21 Å². The first-order valence-electron chi connectivity index (χ1n) is 5.67. The standard InChI is InChI=1S/C14H8BrF4NO/c15-10-2-4-13(21)8(5-10)7-20-12-6-9(14(17,18)19)1-3-11(12)16/h1-7,21H. The van der Waals surface area contributed by atoms with Gasteiger partial charge in [0, 0.05) is 16.3 Å². The molecule has 0 aliphatic carbocycles. The summed E-state index contributed by atoms with van der Waals surface area (Å²) < 4.78 is 51.8. The Hall–Kier alpha value is -1.89. The first kappa shape index (κ1) is 15.5. The maximum absolute atomic E-state index is 13.5. The lowest BCUT2D eigenvalue weighted by atomic mass is 10.2. The van der Waals surface area contributed by atoms with Crippen molar-refractivity contribution in [2.24, 2.45) is 4.99 Å². The molecule has 0 fully saturated rings. The van der Waals surface area contributed by atoms with Crippen LogP contribution in [0.25, 0.3) is 0 Å². The van der Waals surface area contributed by atoms with E-state index in [1.807, 2.05) is 0 Å². The predicted molar refractivity (Wildman–Crippen MR) is 74.5 cm³/mol. The van der Waals surface area contributed by atoms with E-state index in [-0.39, 0.29) is 11.3 Å². The largest absolute Gasteiger partial charge is 0.507 e. The van der Waals surface area contributed by atoms with Gasteiger partial charge >= 0.3 is 6.18 Å². The number of rotatable bonds is 2. The van der Waals surface area contributed by atoms with Gasteiger partial charge in [-0.25, -0.2) is 4.39 Å². The average molecular weight is 362 g/mol. The Morgan fingerprint density at radius 3 is 2.48 bits per heavy atom. The molecule has 0 saturated heterocycles. The Bertz CT molecular complexity index is 698. The lowest BCUT2D eigenvalue weighted by molar-refractivity contribution is -0.137. The lowest BCUT2D eigenvalue weighted by Gasteiger charge is -2.07. The van der Waals surface area contributed by atoms with Crippen LogP contribution in [-0.4, -0.2) is 11.3 Å². The molecular formula is C14H8BrF4NO. The van der Waals surface area contributed by atoms with Crippen LogP contribution in [0.4, 0.5) is 23.2 Å². The predicted octanol–water partition coefficient (Wildman–Crippen LogP) is 5.06. The van der Waals surface area contributed by atoms with E-state index in [2.05, 4.69) is 20.9 Å². The molecular weight excluding hydrogens is 354 g/mol. The van der Waals surface area contributed by atoms with Crippen LogP contribution in [-0.2, 0) is 6.18 Å². The normalized spacial score (nSPS) is 12.0. The molecule has 0 heterocycles. The first-order chi connectivity index (χ1) is 9.77. The smallest absolute Gasteiger partial charge is 0.416 e. The molecule has 0 aromatic heterocycles. The summed E-state index contributed by atoms with van der Waals surface area (Å²) in [5.41, 5.74) is -1.19. The van der Waals surface area contributed by atoms with Crippen LogP contribution < -0.4 is 0 Å². The minimum absolute atomic E-state index is 0.116. The van der Waals surface area contributed by atoms with Crippen LogP contribution in [0.2, 0.25) is 0 Å². The molecule has 7 heteroatoms. The van der Waals surface area contributed by atoms with Gasteiger partial charge in [0.25, 0.3) is 0 Å². The van der Waals surface area contributed by atoms with Gasteiger partial charge < -0.3 is 5.11 Å². The van der Waals surface area contributed by atoms with Crippen molar-refractivity contribution in [3.63, 3.8) is 0 Å². The summed E-state index contributed by atoms with van der Waals surface area (Å²) in [7, 11) is 0. The summed E-state index contributed by atoms with van der Waals surface area (Å²) in [4.78, 5) is 3.67. The molecule has 0 aliphatic rings. The number of benzene rings is 2. The zero-order valence-corrected chi connectivity index (χ0v) is 11.9. The Morgan fingerprint density at radius 1 is 1.10 bits per heavy atom. The highest BCUT2D eigenvalue weighted by Crippen LogP contribution is 2.32. The second-order valence-corrected chi connectivity index (χ2v) is 5.04. The van der Waals surface area contributed by atoms with Gasteiger partial charge in [-0.3, -0.25) is 4.99 Å². The van der Waals surface area contributed by atoms with Crippen molar-refractivity contribution in [2.45, 2.75) is 6.18 Å². The Labute approximate surface area is 125 Å². The van der Waals surface area contributed by atoms with Crippen LogP contribution in [0, 0.1) is 5.82 Å². The molecule has 0 bridgehead atoms. The summed E-state index contributed by atoms with van der Waals surface area (Å²) in [6, 6.07) is 6.43. The Kier molecular flexibility index (Phi) is 4.32. The monoisotopic (exact) mass is 361 g/mol. The van der Waals surface area contributed by atoms with Crippen LogP contribution in [0.3, 0.4) is 0 Å². The second-order valence-electron chi connectivity index (χ2n) is 4.13. The minimum Gasteiger partial charge on any atom is -0.507 e. The number of aromatic hydroxyl groups is 1. The van der Waals surface area contributed by atoms with Gasteiger partial charge in [0.1, 0.15) is 11.6 Å². The van der Waals surface area contributed by atoms with Crippen molar-refractivity contribution in [2.75, 3.05) is 0 Å². The highest BCUT2D eigenvalue weighted by atomic mass is 79.9. The van der Waals surface area contributed by atoms with Gasteiger partial charge in [0.15, 0.2) is 0 Å². The molecule has 2 aromatic rings. The molecule has 2 nitrogen and oxygen atoms in total. The van der Waals surface area contributed by atoms with E-state index in [0.29, 0.717) is 22.7 Å². The molecule has 2 aromatic carbocycles. The van der Waals surface area contributed by atoms with Gasteiger partial charge in [-0.2, -0.15) is 13.2 Å². The molecule has 0 saturated carbocycles. The van der Waals surface area contributed by atoms with Crippen molar-refractivity contribution in [1.82, 2.24) is 0 Å². The molecule has 0 amide bonds. The fraction of sp³-hybridized carbons (Fsp3) is 0.0714. The quantitative estimate of drug-likeness (QED) is 0.588. The third-order valence-electron chi connectivity index (χ3n) is 2.61. The second kappa shape index (κ2) is 5.85. The van der Waals surface area contributed by atoms with Crippen LogP contribution in [0.5, 0.6) is 5.75 Å². The first-order valence-corrected chi connectivity index (χ1v) is 6.46. The molecule has 0 spiro atoms. The van der Waals surface area contributed by atoms with Crippen molar-refractivity contribution < 1.29 is 22.7 Å². The zero-order valence-electron chi connectivity index (χ0n) is 10.3. The Morgan fingerprint density at radius 2 is 1.81 bits per heavy atom. The van der Waals surface area contributed by atoms with E-state index in [1.54, 1.807) is 6.07 Å². The molecule has 0 atom stereocenters. The van der Waals surface area contributed by atoms with Gasteiger partial charge in [0.2, 0.25) is 0 Å². The molecule has 110 valence electrons. The summed E-state index contributed by atoms with van der Waals surface area (Å²) in [5.74, 6) is -0.997. The van der Waals surface area contributed by atoms with Crippen LogP contribution in [0.1, 0.15) is 11.1 Å². The number of alkyl halides is 3. The van der Waals surface area contributed by atoms with E-state index < -0.39 is 23.2 Å². The molecule has 2 rings (SSSR count). The highest BCUT2D eigenvalue weighted by molar-refractivity contribution is 9.10. The van der Waals surface area contributed by atoms with Crippen molar-refractivity contribution in [1.29, 1.82) is 0 Å². The summed E-state index contributed by atoms with van der Waals surface area (Å²) >= 11 is 3.18. The number of aliphatic imine (C=N–C) groups is 1. The van der Waals surface area contributed by atoms with E-state index in [1.165, 1.54) is 12.1 Å². The molecule has 0 radical (unpaired) electrons. The fourth-order valence-corrected chi connectivity index (χ4v) is 1.93. The Balaban J connectivity index is 2.39. The number of hydrogen-bond donors (Lipinski definition) is 1. The van der Waals surface area contributed by atoms with Gasteiger partial charge in [0.05, 0.1) is 11.3 Å². The minimum atomic E-state index is -4.57. The van der Waals surface area contributed by atoms with Crippen LogP contribution >= 0.6 is 15.9 Å². The van der Waals surface area contributed by atoms with Crippen molar-refractivity contribution >= 4 is 27.8 Å². The topological polar surface area (TPSA) is 32.6 Å². The SMILES string of the molecule is Oc1ccc(Br)cc1C=Nc1cc(C(F)(F)F)ccc1F. The van der Waals surface area contributed by atoms with Crippen molar-refractivity contribution in [3.05, 3.63) is 57.8 Å². The average Bonchev–Trinajstić information content (AvgIpc) is 2.40. The number of hydrogen-bond acceptors (Lipinski definition) is 2. The number of halogens is 5. The maximum atomic E-state index is 13.5. The number of nitrogens with zero attached hydrogens (tertiary/aromatic N) is 1. The van der Waals surface area contributed by atoms with Gasteiger partial charge in [-0.15, -0.1) is 0 Å². The zero-order chi connectivity index (χ0) is 15.6. The van der Waals surface area contributed by atoms with E-state index in [4.69, 9.17) is 0 Å². The molecule has 0 unspecified atom stereocenters. The van der Waals surface area contributed by atoms with Gasteiger partial charge in [-0.05, 0) is 36.4 Å². The molecule has 0 aliphatic heterocycles. The molecule has 1 N–H and O–H groups in total. The van der Waals surface area contributed by atoms with Crippen LogP contribution in [0.15, 0.2) is 45.9 Å². The van der Waals surface area contributed by atoms with E-state index in [9.17, 15) is 22.7 Å². The third kappa shape index (κ3) is 3.81. The van der Waals surface area contributed by atoms with Crippen molar-refractivity contribution in [3.8, 4) is 5.75 Å². The molecule has 21 heavy (non-hydrogen) atoms. The lowest BCUT2D eigenvalue weighted by Crippen LogP contribution is -2.04. The van der Waals surface area contributed by atoms with Gasteiger partial charge in [-0.1, -0.05) is 15.9 Å². The summed E-state index contributed by atoms with van der Waals surface area (Å²) in [6.07, 6.45) is -3.48.